The molecule has 0 aromatic heterocycles. The summed E-state index contributed by atoms with van der Waals surface area (Å²) in [5.74, 6) is 1.73. The minimum absolute atomic E-state index is 0.326. The van der Waals surface area contributed by atoms with Crippen LogP contribution in [0.1, 0.15) is 11.1 Å². The number of para-hydroxylation sites is 1. The maximum atomic E-state index is 5.57. The van der Waals surface area contributed by atoms with Crippen LogP contribution in [0.25, 0.3) is 11.1 Å². The number of ether oxygens (including phenoxy) is 2. The molecule has 0 spiro atoms. The molecule has 0 radical (unpaired) electrons. The van der Waals surface area contributed by atoms with E-state index in [4.69, 9.17) is 9.47 Å². The third kappa shape index (κ3) is 1.54. The topological polar surface area (TPSA) is 21.7 Å². The maximum Gasteiger partial charge on any atom is 0.231 e. The number of nitrogens with zero attached hydrogens (tertiary/aromatic N) is 1. The van der Waals surface area contributed by atoms with Crippen LogP contribution in [0, 0.1) is 0 Å². The molecule has 2 aromatic carbocycles. The number of anilines is 1. The van der Waals surface area contributed by atoms with Crippen molar-refractivity contribution in [1.29, 1.82) is 0 Å². The van der Waals surface area contributed by atoms with Crippen LogP contribution in [-0.4, -0.2) is 13.3 Å². The summed E-state index contributed by atoms with van der Waals surface area (Å²) in [5, 5.41) is 0. The minimum Gasteiger partial charge on any atom is -0.454 e. The zero-order chi connectivity index (χ0) is 13.8. The molecule has 0 fully saturated rings. The molecule has 3 heteroatoms. The van der Waals surface area contributed by atoms with Crippen molar-refractivity contribution < 1.29 is 9.47 Å². The molecule has 104 valence electrons. The fraction of sp³-hybridized carbons (Fsp3) is 0.222. The first kappa shape index (κ1) is 11.3. The van der Waals surface area contributed by atoms with Gasteiger partial charge >= 0.3 is 0 Å². The predicted octanol–water partition coefficient (Wildman–Crippen LogP) is 3.51. The molecular weight excluding hydrogens is 262 g/mol. The molecule has 21 heavy (non-hydrogen) atoms. The lowest BCUT2D eigenvalue weighted by atomic mass is 9.93. The fourth-order valence-corrected chi connectivity index (χ4v) is 3.56. The summed E-state index contributed by atoms with van der Waals surface area (Å²) in [7, 11) is 0. The van der Waals surface area contributed by atoms with E-state index in [1.54, 1.807) is 0 Å². The molecule has 0 atom stereocenters. The molecule has 0 amide bonds. The molecular formula is C18H15NO2. The Hall–Kier alpha value is -2.42. The van der Waals surface area contributed by atoms with E-state index in [-0.39, 0.29) is 0 Å². The van der Waals surface area contributed by atoms with E-state index >= 15 is 0 Å². The second-order valence-corrected chi connectivity index (χ2v) is 5.71. The molecule has 0 saturated carbocycles. The zero-order valence-electron chi connectivity index (χ0n) is 11.6. The molecule has 0 bridgehead atoms. The maximum absolute atomic E-state index is 5.57. The molecule has 3 nitrogen and oxygen atoms in total. The smallest absolute Gasteiger partial charge is 0.231 e. The first-order valence-corrected chi connectivity index (χ1v) is 7.38. The van der Waals surface area contributed by atoms with Crippen molar-refractivity contribution in [1.82, 2.24) is 0 Å². The molecule has 5 rings (SSSR count). The number of allylic oxidation sites excluding steroid dienone is 1. The minimum atomic E-state index is 0.326. The fourth-order valence-electron chi connectivity index (χ4n) is 3.56. The van der Waals surface area contributed by atoms with Gasteiger partial charge in [-0.25, -0.2) is 0 Å². The van der Waals surface area contributed by atoms with Crippen molar-refractivity contribution in [2.24, 2.45) is 0 Å². The van der Waals surface area contributed by atoms with Crippen molar-refractivity contribution in [3.8, 4) is 22.6 Å². The van der Waals surface area contributed by atoms with Crippen LogP contribution in [0.4, 0.5) is 5.69 Å². The van der Waals surface area contributed by atoms with Crippen LogP contribution >= 0.6 is 0 Å². The molecule has 0 N–H and O–H groups in total. The van der Waals surface area contributed by atoms with Gasteiger partial charge in [0.25, 0.3) is 0 Å². The molecule has 3 aliphatic rings. The van der Waals surface area contributed by atoms with Gasteiger partial charge in [0.15, 0.2) is 11.5 Å². The second-order valence-electron chi connectivity index (χ2n) is 5.71. The van der Waals surface area contributed by atoms with E-state index in [1.165, 1.54) is 27.9 Å². The van der Waals surface area contributed by atoms with Gasteiger partial charge in [-0.3, -0.25) is 0 Å². The summed E-state index contributed by atoms with van der Waals surface area (Å²) in [6.07, 6.45) is 6.51. The quantitative estimate of drug-likeness (QED) is 0.735. The van der Waals surface area contributed by atoms with Gasteiger partial charge in [-0.05, 0) is 41.7 Å². The Kier molecular flexibility index (Phi) is 2.17. The van der Waals surface area contributed by atoms with Gasteiger partial charge in [-0.1, -0.05) is 24.3 Å². The highest BCUT2D eigenvalue weighted by Crippen LogP contribution is 2.45. The summed E-state index contributed by atoms with van der Waals surface area (Å²) in [6, 6.07) is 10.9. The summed E-state index contributed by atoms with van der Waals surface area (Å²) in [4.78, 5) is 2.37. The van der Waals surface area contributed by atoms with Crippen LogP contribution in [0.5, 0.6) is 11.5 Å². The van der Waals surface area contributed by atoms with E-state index in [1.807, 2.05) is 0 Å². The predicted molar refractivity (Wildman–Crippen MR) is 81.9 cm³/mol. The van der Waals surface area contributed by atoms with Gasteiger partial charge in [-0.15, -0.1) is 0 Å². The standard InChI is InChI=1S/C18H15NO2/c1-3-12-6-8-19-7-2-4-13-9-16-17(21-11-20-16)10-15(13)14(5-1)18(12)19/h1-3,5,7,9-10H,4,6,8,11H2/b7-2-. The van der Waals surface area contributed by atoms with E-state index < -0.39 is 0 Å². The van der Waals surface area contributed by atoms with Gasteiger partial charge in [0.1, 0.15) is 0 Å². The lowest BCUT2D eigenvalue weighted by Gasteiger charge is -2.22. The Morgan fingerprint density at radius 3 is 2.81 bits per heavy atom. The average molecular weight is 277 g/mol. The molecule has 3 aliphatic heterocycles. The van der Waals surface area contributed by atoms with Crippen LogP contribution < -0.4 is 14.4 Å². The second kappa shape index (κ2) is 4.04. The highest BCUT2D eigenvalue weighted by molar-refractivity contribution is 5.86. The Balaban J connectivity index is 1.82. The van der Waals surface area contributed by atoms with E-state index in [9.17, 15) is 0 Å². The molecule has 0 aliphatic carbocycles. The van der Waals surface area contributed by atoms with Gasteiger partial charge in [0.2, 0.25) is 6.79 Å². The van der Waals surface area contributed by atoms with Crippen molar-refractivity contribution in [3.63, 3.8) is 0 Å². The van der Waals surface area contributed by atoms with Gasteiger partial charge in [0.05, 0.1) is 5.69 Å². The number of rotatable bonds is 0. The first-order chi connectivity index (χ1) is 10.4. The summed E-state index contributed by atoms with van der Waals surface area (Å²) in [5.41, 5.74) is 6.67. The summed E-state index contributed by atoms with van der Waals surface area (Å²) < 4.78 is 11.1. The Labute approximate surface area is 123 Å². The van der Waals surface area contributed by atoms with Crippen LogP contribution in [0.15, 0.2) is 42.6 Å². The number of fused-ring (bicyclic) bond motifs is 3. The normalized spacial score (nSPS) is 18.8. The molecule has 0 saturated heterocycles. The van der Waals surface area contributed by atoms with Crippen LogP contribution in [-0.2, 0) is 12.8 Å². The largest absolute Gasteiger partial charge is 0.454 e. The third-order valence-corrected chi connectivity index (χ3v) is 4.54. The van der Waals surface area contributed by atoms with E-state index in [0.29, 0.717) is 6.79 Å². The van der Waals surface area contributed by atoms with Gasteiger partial charge in [0, 0.05) is 18.3 Å². The summed E-state index contributed by atoms with van der Waals surface area (Å²) in [6.45, 7) is 1.40. The van der Waals surface area contributed by atoms with Crippen molar-refractivity contribution in [3.05, 3.63) is 53.7 Å². The van der Waals surface area contributed by atoms with E-state index in [0.717, 1.165) is 30.9 Å². The van der Waals surface area contributed by atoms with Crippen molar-refractivity contribution in [2.45, 2.75) is 12.8 Å². The SMILES string of the molecule is C1=C\N2CCc3cccc(c32)-c2cc3c(cc2C/1)OCO3. The lowest BCUT2D eigenvalue weighted by molar-refractivity contribution is 0.174. The Bertz CT molecular complexity index is 779. The average Bonchev–Trinajstić information content (AvgIpc) is 3.10. The van der Waals surface area contributed by atoms with Gasteiger partial charge in [-0.2, -0.15) is 0 Å². The monoisotopic (exact) mass is 277 g/mol. The highest BCUT2D eigenvalue weighted by atomic mass is 16.7. The first-order valence-electron chi connectivity index (χ1n) is 7.38. The third-order valence-electron chi connectivity index (χ3n) is 4.54. The summed E-state index contributed by atoms with van der Waals surface area (Å²) >= 11 is 0. The van der Waals surface area contributed by atoms with Crippen LogP contribution in [0.3, 0.4) is 0 Å². The van der Waals surface area contributed by atoms with Gasteiger partial charge < -0.3 is 14.4 Å². The Morgan fingerprint density at radius 1 is 0.952 bits per heavy atom. The Morgan fingerprint density at radius 2 is 1.86 bits per heavy atom. The van der Waals surface area contributed by atoms with E-state index in [2.05, 4.69) is 47.5 Å². The molecule has 2 aromatic rings. The van der Waals surface area contributed by atoms with Crippen molar-refractivity contribution >= 4 is 5.69 Å². The number of hydrogen-bond acceptors (Lipinski definition) is 3. The molecule has 3 heterocycles. The number of hydrogen-bond donors (Lipinski definition) is 0. The zero-order valence-corrected chi connectivity index (χ0v) is 11.6. The highest BCUT2D eigenvalue weighted by Gasteiger charge is 2.25. The molecule has 0 unspecified atom stereocenters. The van der Waals surface area contributed by atoms with Crippen LogP contribution in [0.2, 0.25) is 0 Å². The van der Waals surface area contributed by atoms with Crippen molar-refractivity contribution in [2.75, 3.05) is 18.2 Å². The lowest BCUT2D eigenvalue weighted by Crippen LogP contribution is -2.14. The number of benzene rings is 2.